The monoisotopic (exact) mass is 210 g/mol. The molecular weight excluding hydrogens is 196 g/mol. The molecule has 0 saturated heterocycles. The first-order valence-corrected chi connectivity index (χ1v) is 4.62. The molecule has 1 aromatic carbocycles. The van der Waals surface area contributed by atoms with Crippen molar-refractivity contribution in [1.82, 2.24) is 0 Å². The van der Waals surface area contributed by atoms with Crippen LogP contribution < -0.4 is 0 Å². The molecule has 0 aromatic heterocycles. The molecule has 1 rings (SSSR count). The molecule has 0 aliphatic rings. The van der Waals surface area contributed by atoms with Crippen LogP contribution in [-0.4, -0.2) is 34.3 Å². The van der Waals surface area contributed by atoms with Crippen LogP contribution in [0.2, 0.25) is 0 Å². The lowest BCUT2D eigenvalue weighted by molar-refractivity contribution is -0.0152. The Labute approximate surface area is 87.8 Å². The number of hydrogen-bond donors (Lipinski definition) is 3. The number of aryl methyl sites for hydroxylation is 1. The van der Waals surface area contributed by atoms with Crippen molar-refractivity contribution in [2.75, 3.05) is 6.61 Å². The average Bonchev–Trinajstić information content (AvgIpc) is 2.26. The quantitative estimate of drug-likeness (QED) is 0.620. The van der Waals surface area contributed by atoms with Crippen molar-refractivity contribution in [3.05, 3.63) is 34.9 Å². The van der Waals surface area contributed by atoms with Gasteiger partial charge in [0, 0.05) is 5.56 Å². The van der Waals surface area contributed by atoms with Gasteiger partial charge in [0.1, 0.15) is 18.5 Å². The van der Waals surface area contributed by atoms with E-state index in [0.717, 1.165) is 5.56 Å². The third-order valence-corrected chi connectivity index (χ3v) is 2.15. The molecule has 4 heteroatoms. The van der Waals surface area contributed by atoms with Crippen molar-refractivity contribution in [2.45, 2.75) is 19.1 Å². The van der Waals surface area contributed by atoms with Crippen LogP contribution in [0, 0.1) is 6.92 Å². The van der Waals surface area contributed by atoms with E-state index in [4.69, 9.17) is 5.11 Å². The zero-order chi connectivity index (χ0) is 11.4. The Balaban J connectivity index is 3.02. The highest BCUT2D eigenvalue weighted by Gasteiger charge is 2.17. The summed E-state index contributed by atoms with van der Waals surface area (Å²) in [5.41, 5.74) is 1.69. The molecule has 0 bridgehead atoms. The van der Waals surface area contributed by atoms with Crippen LogP contribution in [0.15, 0.2) is 18.2 Å². The normalized spacial score (nSPS) is 14.7. The molecule has 2 unspecified atom stereocenters. The van der Waals surface area contributed by atoms with E-state index in [1.54, 1.807) is 19.1 Å². The van der Waals surface area contributed by atoms with E-state index in [1.807, 2.05) is 0 Å². The molecule has 0 heterocycles. The summed E-state index contributed by atoms with van der Waals surface area (Å²) in [4.78, 5) is 10.6. The highest BCUT2D eigenvalue weighted by atomic mass is 16.4. The first kappa shape index (κ1) is 11.8. The fourth-order valence-corrected chi connectivity index (χ4v) is 1.40. The molecular formula is C11H14O4. The predicted molar refractivity (Wildman–Crippen MR) is 54.6 cm³/mol. The van der Waals surface area contributed by atoms with E-state index in [1.165, 1.54) is 6.07 Å². The van der Waals surface area contributed by atoms with Gasteiger partial charge in [-0.15, -0.1) is 0 Å². The van der Waals surface area contributed by atoms with Crippen molar-refractivity contribution in [3.8, 4) is 0 Å². The summed E-state index contributed by atoms with van der Waals surface area (Å²) < 4.78 is 0. The molecule has 15 heavy (non-hydrogen) atoms. The van der Waals surface area contributed by atoms with Crippen LogP contribution in [0.4, 0.5) is 0 Å². The van der Waals surface area contributed by atoms with Gasteiger partial charge in [0.15, 0.2) is 0 Å². The van der Waals surface area contributed by atoms with Crippen molar-refractivity contribution >= 4 is 6.29 Å². The van der Waals surface area contributed by atoms with Crippen LogP contribution in [0.5, 0.6) is 0 Å². The van der Waals surface area contributed by atoms with Crippen LogP contribution in [0.3, 0.4) is 0 Å². The molecule has 2 atom stereocenters. The lowest BCUT2D eigenvalue weighted by Crippen LogP contribution is -2.22. The van der Waals surface area contributed by atoms with Gasteiger partial charge in [0.05, 0.1) is 6.61 Å². The zero-order valence-corrected chi connectivity index (χ0v) is 8.42. The minimum Gasteiger partial charge on any atom is -0.394 e. The van der Waals surface area contributed by atoms with Crippen molar-refractivity contribution in [1.29, 1.82) is 0 Å². The number of carbonyl (C=O) groups excluding carboxylic acids is 1. The molecule has 0 radical (unpaired) electrons. The topological polar surface area (TPSA) is 77.8 Å². The maximum absolute atomic E-state index is 10.6. The number of benzene rings is 1. The van der Waals surface area contributed by atoms with E-state index >= 15 is 0 Å². The van der Waals surface area contributed by atoms with E-state index in [0.29, 0.717) is 17.4 Å². The maximum Gasteiger partial charge on any atom is 0.150 e. The van der Waals surface area contributed by atoms with Crippen molar-refractivity contribution < 1.29 is 20.1 Å². The van der Waals surface area contributed by atoms with Gasteiger partial charge in [-0.3, -0.25) is 4.79 Å². The van der Waals surface area contributed by atoms with Gasteiger partial charge >= 0.3 is 0 Å². The number of hydrogen-bond acceptors (Lipinski definition) is 4. The van der Waals surface area contributed by atoms with Crippen molar-refractivity contribution in [3.63, 3.8) is 0 Å². The number of carbonyl (C=O) groups is 1. The van der Waals surface area contributed by atoms with Gasteiger partial charge in [0.25, 0.3) is 0 Å². The molecule has 0 amide bonds. The van der Waals surface area contributed by atoms with E-state index < -0.39 is 18.8 Å². The highest BCUT2D eigenvalue weighted by molar-refractivity contribution is 5.75. The third-order valence-electron chi connectivity index (χ3n) is 2.15. The second-order valence-corrected chi connectivity index (χ2v) is 3.49. The van der Waals surface area contributed by atoms with Gasteiger partial charge in [0.2, 0.25) is 0 Å². The first-order chi connectivity index (χ1) is 7.08. The van der Waals surface area contributed by atoms with E-state index in [2.05, 4.69) is 0 Å². The second kappa shape index (κ2) is 5.02. The molecule has 82 valence electrons. The Bertz CT molecular complexity index is 348. The van der Waals surface area contributed by atoms with Gasteiger partial charge < -0.3 is 15.3 Å². The lowest BCUT2D eigenvalue weighted by Gasteiger charge is -2.16. The molecule has 1 aromatic rings. The molecule has 0 aliphatic carbocycles. The van der Waals surface area contributed by atoms with Crippen molar-refractivity contribution in [2.24, 2.45) is 0 Å². The Hall–Kier alpha value is -1.23. The fourth-order valence-electron chi connectivity index (χ4n) is 1.40. The van der Waals surface area contributed by atoms with Gasteiger partial charge in [-0.05, 0) is 24.6 Å². The summed E-state index contributed by atoms with van der Waals surface area (Å²) in [6, 6.07) is 4.83. The summed E-state index contributed by atoms with van der Waals surface area (Å²) in [5.74, 6) is 0. The standard InChI is InChI=1S/C11H14O4/c1-7-2-8(5-12)4-9(3-7)11(15)10(14)6-13/h2-5,10-11,13-15H,6H2,1H3. The third kappa shape index (κ3) is 2.86. The molecule has 0 fully saturated rings. The smallest absolute Gasteiger partial charge is 0.150 e. The summed E-state index contributed by atoms with van der Waals surface area (Å²) >= 11 is 0. The minimum absolute atomic E-state index is 0.429. The maximum atomic E-state index is 10.6. The van der Waals surface area contributed by atoms with E-state index in [-0.39, 0.29) is 0 Å². The van der Waals surface area contributed by atoms with Crippen LogP contribution in [-0.2, 0) is 0 Å². The fraction of sp³-hybridized carbons (Fsp3) is 0.364. The number of rotatable bonds is 4. The predicted octanol–water partition coefficient (Wildman–Crippen LogP) is 0.194. The Morgan fingerprint density at radius 3 is 2.53 bits per heavy atom. The second-order valence-electron chi connectivity index (χ2n) is 3.49. The zero-order valence-electron chi connectivity index (χ0n) is 8.42. The highest BCUT2D eigenvalue weighted by Crippen LogP contribution is 2.19. The molecule has 4 nitrogen and oxygen atoms in total. The van der Waals surface area contributed by atoms with Gasteiger partial charge in [-0.1, -0.05) is 11.6 Å². The number of aliphatic hydroxyl groups excluding tert-OH is 3. The van der Waals surface area contributed by atoms with Crippen LogP contribution in [0.1, 0.15) is 27.6 Å². The molecule has 0 saturated carbocycles. The Morgan fingerprint density at radius 1 is 1.33 bits per heavy atom. The minimum atomic E-state index is -1.23. The van der Waals surface area contributed by atoms with Gasteiger partial charge in [-0.2, -0.15) is 0 Å². The Morgan fingerprint density at radius 2 is 2.00 bits per heavy atom. The first-order valence-electron chi connectivity index (χ1n) is 4.62. The lowest BCUT2D eigenvalue weighted by atomic mass is 10.00. The summed E-state index contributed by atoms with van der Waals surface area (Å²) in [6.07, 6.45) is -1.73. The van der Waals surface area contributed by atoms with E-state index in [9.17, 15) is 15.0 Å². The summed E-state index contributed by atoms with van der Waals surface area (Å²) in [5, 5.41) is 27.5. The average molecular weight is 210 g/mol. The molecule has 0 spiro atoms. The molecule has 0 aliphatic heterocycles. The van der Waals surface area contributed by atoms with Gasteiger partial charge in [-0.25, -0.2) is 0 Å². The SMILES string of the molecule is Cc1cc(C=O)cc(C(O)C(O)CO)c1. The molecule has 3 N–H and O–H groups in total. The van der Waals surface area contributed by atoms with Crippen LogP contribution >= 0.6 is 0 Å². The number of aliphatic hydroxyl groups is 3. The summed E-state index contributed by atoms with van der Waals surface area (Å²) in [7, 11) is 0. The largest absolute Gasteiger partial charge is 0.394 e. The Kier molecular flexibility index (Phi) is 3.96. The van der Waals surface area contributed by atoms with Crippen LogP contribution in [0.25, 0.3) is 0 Å². The number of aldehydes is 1. The summed E-state index contributed by atoms with van der Waals surface area (Å²) in [6.45, 7) is 1.26.